The van der Waals surface area contributed by atoms with Crippen molar-refractivity contribution in [2.45, 2.75) is 51.0 Å². The maximum Gasteiger partial charge on any atom is 0.267 e. The molecule has 0 fully saturated rings. The normalized spacial score (nSPS) is 13.9. The first-order valence-electron chi connectivity index (χ1n) is 10.5. The average Bonchev–Trinajstić information content (AvgIpc) is 3.19. The fraction of sp³-hybridized carbons (Fsp3) is 0.318. The van der Waals surface area contributed by atoms with Crippen molar-refractivity contribution in [3.8, 4) is 0 Å². The highest BCUT2D eigenvalue weighted by Gasteiger charge is 2.22. The van der Waals surface area contributed by atoms with Gasteiger partial charge in [0.1, 0.15) is 17.7 Å². The van der Waals surface area contributed by atoms with Crippen LogP contribution in [0.15, 0.2) is 46.1 Å². The maximum atomic E-state index is 12.7. The van der Waals surface area contributed by atoms with Gasteiger partial charge in [0.15, 0.2) is 0 Å². The zero-order chi connectivity index (χ0) is 23.8. The van der Waals surface area contributed by atoms with Crippen LogP contribution in [0.1, 0.15) is 42.2 Å². The summed E-state index contributed by atoms with van der Waals surface area (Å²) < 4.78 is 29.0. The van der Waals surface area contributed by atoms with Crippen LogP contribution in [0.25, 0.3) is 0 Å². The van der Waals surface area contributed by atoms with E-state index in [4.69, 9.17) is 0 Å². The predicted molar refractivity (Wildman–Crippen MR) is 123 cm³/mol. The molecule has 3 aromatic rings. The van der Waals surface area contributed by atoms with E-state index in [0.717, 1.165) is 30.5 Å². The maximum absolute atomic E-state index is 12.7. The summed E-state index contributed by atoms with van der Waals surface area (Å²) in [6.45, 7) is 5.02. The number of aromatic nitrogens is 4. The summed E-state index contributed by atoms with van der Waals surface area (Å²) >= 11 is 0. The molecule has 1 amide bonds. The Bertz CT molecular complexity index is 1360. The third-order valence-electron chi connectivity index (χ3n) is 5.37. The SMILES string of the molecule is Cc1cc(NS(=O)(=O)c2ccc(NC(=O)C(C)n3nc4c(cc3=O)CCC4)cc2)nc(C)n1. The number of anilines is 2. The van der Waals surface area contributed by atoms with Crippen LogP contribution in [-0.4, -0.2) is 34.1 Å². The first kappa shape index (κ1) is 22.6. The smallest absolute Gasteiger partial charge is 0.267 e. The lowest BCUT2D eigenvalue weighted by atomic mass is 10.2. The van der Waals surface area contributed by atoms with Gasteiger partial charge in [-0.15, -0.1) is 0 Å². The molecule has 2 heterocycles. The van der Waals surface area contributed by atoms with Gasteiger partial charge in [0.25, 0.3) is 15.6 Å². The second-order valence-electron chi connectivity index (χ2n) is 7.99. The van der Waals surface area contributed by atoms with Crippen LogP contribution in [0.3, 0.4) is 0 Å². The number of carbonyl (C=O) groups excluding carboxylic acids is 1. The minimum Gasteiger partial charge on any atom is -0.324 e. The number of nitrogens with zero attached hydrogens (tertiary/aromatic N) is 4. The molecule has 4 rings (SSSR count). The van der Waals surface area contributed by atoms with Gasteiger partial charge in [0.2, 0.25) is 5.91 Å². The van der Waals surface area contributed by atoms with Crippen molar-refractivity contribution in [1.82, 2.24) is 19.7 Å². The zero-order valence-corrected chi connectivity index (χ0v) is 19.3. The van der Waals surface area contributed by atoms with Crippen molar-refractivity contribution in [3.63, 3.8) is 0 Å². The topological polar surface area (TPSA) is 136 Å². The molecule has 0 saturated heterocycles. The molecule has 10 nitrogen and oxygen atoms in total. The number of hydrogen-bond donors (Lipinski definition) is 2. The second-order valence-corrected chi connectivity index (χ2v) is 9.67. The Hall–Kier alpha value is -3.60. The van der Waals surface area contributed by atoms with Gasteiger partial charge in [0, 0.05) is 23.5 Å². The molecular formula is C22H24N6O4S. The number of amides is 1. The summed E-state index contributed by atoms with van der Waals surface area (Å²) in [6.07, 6.45) is 2.58. The van der Waals surface area contributed by atoms with Gasteiger partial charge in [-0.05, 0) is 69.9 Å². The fourth-order valence-electron chi connectivity index (χ4n) is 3.73. The van der Waals surface area contributed by atoms with E-state index < -0.39 is 22.0 Å². The molecule has 1 aliphatic rings. The molecule has 0 saturated carbocycles. The van der Waals surface area contributed by atoms with Crippen molar-refractivity contribution in [1.29, 1.82) is 0 Å². The van der Waals surface area contributed by atoms with E-state index >= 15 is 0 Å². The van der Waals surface area contributed by atoms with Gasteiger partial charge < -0.3 is 5.32 Å². The second kappa shape index (κ2) is 8.74. The van der Waals surface area contributed by atoms with Crippen LogP contribution >= 0.6 is 0 Å². The first-order valence-corrected chi connectivity index (χ1v) is 12.0. The summed E-state index contributed by atoms with van der Waals surface area (Å²) in [5.74, 6) is 0.207. The summed E-state index contributed by atoms with van der Waals surface area (Å²) in [4.78, 5) is 33.3. The van der Waals surface area contributed by atoms with E-state index in [1.807, 2.05) is 0 Å². The van der Waals surface area contributed by atoms with Gasteiger partial charge in [-0.25, -0.2) is 23.1 Å². The highest BCUT2D eigenvalue weighted by molar-refractivity contribution is 7.92. The van der Waals surface area contributed by atoms with Crippen molar-refractivity contribution < 1.29 is 13.2 Å². The Morgan fingerprint density at radius 2 is 1.82 bits per heavy atom. The number of carbonyl (C=O) groups is 1. The average molecular weight is 469 g/mol. The highest BCUT2D eigenvalue weighted by atomic mass is 32.2. The largest absolute Gasteiger partial charge is 0.324 e. The third-order valence-corrected chi connectivity index (χ3v) is 6.74. The molecule has 0 spiro atoms. The molecule has 172 valence electrons. The molecule has 11 heteroatoms. The van der Waals surface area contributed by atoms with E-state index in [-0.39, 0.29) is 16.3 Å². The van der Waals surface area contributed by atoms with Crippen LogP contribution in [0.5, 0.6) is 0 Å². The summed E-state index contributed by atoms with van der Waals surface area (Å²) in [6, 6.07) is 7.98. The lowest BCUT2D eigenvalue weighted by Gasteiger charge is -2.15. The minimum absolute atomic E-state index is 0.0129. The standard InChI is InChI=1S/C22H24N6O4S/c1-13-11-20(24-15(3)23-13)27-33(31,32)18-9-7-17(8-10-18)25-22(30)14(2)28-21(29)12-16-5-4-6-19(16)26-28/h7-12,14H,4-6H2,1-3H3,(H,25,30)(H,23,24,27). The first-order chi connectivity index (χ1) is 15.6. The Balaban J connectivity index is 1.47. The van der Waals surface area contributed by atoms with Crippen LogP contribution < -0.4 is 15.6 Å². The van der Waals surface area contributed by atoms with E-state index in [9.17, 15) is 18.0 Å². The number of aryl methyl sites for hydroxylation is 4. The van der Waals surface area contributed by atoms with Crippen LogP contribution in [0, 0.1) is 13.8 Å². The molecule has 1 unspecified atom stereocenters. The lowest BCUT2D eigenvalue weighted by molar-refractivity contribution is -0.119. The van der Waals surface area contributed by atoms with E-state index in [2.05, 4.69) is 25.1 Å². The van der Waals surface area contributed by atoms with Crippen molar-refractivity contribution in [2.24, 2.45) is 0 Å². The van der Waals surface area contributed by atoms with Gasteiger partial charge in [-0.1, -0.05) is 0 Å². The number of fused-ring (bicyclic) bond motifs is 1. The zero-order valence-electron chi connectivity index (χ0n) is 18.5. The number of hydrogen-bond acceptors (Lipinski definition) is 7. The molecule has 0 bridgehead atoms. The highest BCUT2D eigenvalue weighted by Crippen LogP contribution is 2.20. The molecule has 1 aromatic carbocycles. The predicted octanol–water partition coefficient (Wildman–Crippen LogP) is 2.14. The summed E-state index contributed by atoms with van der Waals surface area (Å²) in [5.41, 5.74) is 2.52. The molecule has 0 aliphatic heterocycles. The Morgan fingerprint density at radius 3 is 2.52 bits per heavy atom. The summed E-state index contributed by atoms with van der Waals surface area (Å²) in [7, 11) is -3.87. The van der Waals surface area contributed by atoms with Gasteiger partial charge in [-0.3, -0.25) is 14.3 Å². The molecule has 1 atom stereocenters. The Morgan fingerprint density at radius 1 is 1.09 bits per heavy atom. The minimum atomic E-state index is -3.87. The molecule has 33 heavy (non-hydrogen) atoms. The van der Waals surface area contributed by atoms with Crippen LogP contribution in [-0.2, 0) is 27.7 Å². The Labute approximate surface area is 191 Å². The Kier molecular flexibility index (Phi) is 5.98. The molecule has 0 radical (unpaired) electrons. The molecule has 2 aromatic heterocycles. The van der Waals surface area contributed by atoms with Crippen LogP contribution in [0.2, 0.25) is 0 Å². The quantitative estimate of drug-likeness (QED) is 0.566. The molecule has 2 N–H and O–H groups in total. The number of sulfonamides is 1. The van der Waals surface area contributed by atoms with Gasteiger partial charge in [-0.2, -0.15) is 5.10 Å². The number of nitrogens with one attached hydrogen (secondary N) is 2. The van der Waals surface area contributed by atoms with E-state index in [1.165, 1.54) is 35.0 Å². The van der Waals surface area contributed by atoms with Crippen LogP contribution in [0.4, 0.5) is 11.5 Å². The number of rotatable bonds is 6. The van der Waals surface area contributed by atoms with Gasteiger partial charge in [0.05, 0.1) is 10.6 Å². The van der Waals surface area contributed by atoms with Crippen molar-refractivity contribution in [2.75, 3.05) is 10.0 Å². The van der Waals surface area contributed by atoms with Gasteiger partial charge >= 0.3 is 0 Å². The monoisotopic (exact) mass is 468 g/mol. The van der Waals surface area contributed by atoms with Crippen molar-refractivity contribution in [3.05, 3.63) is 69.5 Å². The lowest BCUT2D eigenvalue weighted by Crippen LogP contribution is -2.34. The molecular weight excluding hydrogens is 444 g/mol. The summed E-state index contributed by atoms with van der Waals surface area (Å²) in [5, 5.41) is 7.06. The fourth-order valence-corrected chi connectivity index (χ4v) is 4.73. The molecule has 1 aliphatic carbocycles. The van der Waals surface area contributed by atoms with Crippen molar-refractivity contribution >= 4 is 27.4 Å². The third kappa shape index (κ3) is 4.92. The van der Waals surface area contributed by atoms with E-state index in [0.29, 0.717) is 17.2 Å². The number of benzene rings is 1. The van der Waals surface area contributed by atoms with E-state index in [1.54, 1.807) is 26.8 Å².